The molecule has 0 unspecified atom stereocenters. The minimum atomic E-state index is -0.213. The molecule has 2 aromatic heterocycles. The van der Waals surface area contributed by atoms with Crippen LogP contribution in [0.4, 0.5) is 0 Å². The van der Waals surface area contributed by atoms with Crippen molar-refractivity contribution in [3.8, 4) is 0 Å². The molecule has 0 aliphatic carbocycles. The van der Waals surface area contributed by atoms with Crippen LogP contribution in [0.15, 0.2) is 57.7 Å². The zero-order valence-electron chi connectivity index (χ0n) is 16.1. The van der Waals surface area contributed by atoms with Crippen LogP contribution in [0.3, 0.4) is 0 Å². The van der Waals surface area contributed by atoms with Gasteiger partial charge in [-0.3, -0.25) is 9.59 Å². The molecule has 146 valence electrons. The zero-order valence-corrected chi connectivity index (χ0v) is 16.9. The van der Waals surface area contributed by atoms with Crippen molar-refractivity contribution in [2.24, 2.45) is 0 Å². The van der Waals surface area contributed by atoms with E-state index in [4.69, 9.17) is 9.40 Å². The van der Waals surface area contributed by atoms with E-state index in [-0.39, 0.29) is 17.1 Å². The predicted molar refractivity (Wildman–Crippen MR) is 115 cm³/mol. The van der Waals surface area contributed by atoms with E-state index in [1.165, 1.54) is 10.8 Å². The number of carbonyl (C=O) groups is 1. The van der Waals surface area contributed by atoms with Crippen LogP contribution >= 0.6 is 11.3 Å². The number of fused-ring (bicyclic) bond motifs is 2. The third-order valence-electron chi connectivity index (χ3n) is 5.60. The van der Waals surface area contributed by atoms with Crippen LogP contribution in [0.1, 0.15) is 39.9 Å². The molecule has 6 heteroatoms. The molecule has 0 N–H and O–H groups in total. The van der Waals surface area contributed by atoms with Crippen LogP contribution in [0.5, 0.6) is 0 Å². The summed E-state index contributed by atoms with van der Waals surface area (Å²) in [5.74, 6) is 0.271. The first kappa shape index (κ1) is 18.1. The summed E-state index contributed by atoms with van der Waals surface area (Å²) in [5, 5.41) is 1.65. The number of nitrogens with zero attached hydrogens (tertiary/aromatic N) is 2. The highest BCUT2D eigenvalue weighted by Crippen LogP contribution is 2.34. The topological polar surface area (TPSA) is 63.4 Å². The van der Waals surface area contributed by atoms with E-state index in [0.717, 1.165) is 28.9 Å². The van der Waals surface area contributed by atoms with E-state index in [1.54, 1.807) is 22.3 Å². The minimum Gasteiger partial charge on any atom is -0.450 e. The SMILES string of the molecule is Cc1cccc2c(=O)cc(C(=O)N3CCC(c4nc5ccccc5s4)CC3)oc12. The number of para-hydroxylation sites is 2. The third-order valence-corrected chi connectivity index (χ3v) is 6.80. The summed E-state index contributed by atoms with van der Waals surface area (Å²) < 4.78 is 7.04. The van der Waals surface area contributed by atoms with Crippen molar-refractivity contribution in [1.82, 2.24) is 9.88 Å². The van der Waals surface area contributed by atoms with Gasteiger partial charge in [0, 0.05) is 25.1 Å². The number of aryl methyl sites for hydroxylation is 1. The van der Waals surface area contributed by atoms with Gasteiger partial charge in [0.2, 0.25) is 0 Å². The first-order valence-electron chi connectivity index (χ1n) is 9.78. The molecule has 0 saturated carbocycles. The Balaban J connectivity index is 1.35. The number of rotatable bonds is 2. The van der Waals surface area contributed by atoms with E-state index < -0.39 is 0 Å². The van der Waals surface area contributed by atoms with Gasteiger partial charge in [-0.05, 0) is 43.5 Å². The van der Waals surface area contributed by atoms with Crippen LogP contribution in [-0.4, -0.2) is 28.9 Å². The van der Waals surface area contributed by atoms with Crippen molar-refractivity contribution in [2.75, 3.05) is 13.1 Å². The number of piperidine rings is 1. The second-order valence-corrected chi connectivity index (χ2v) is 8.58. The summed E-state index contributed by atoms with van der Waals surface area (Å²) in [7, 11) is 0. The fourth-order valence-electron chi connectivity index (χ4n) is 3.97. The molecule has 5 nitrogen and oxygen atoms in total. The Labute approximate surface area is 171 Å². The minimum absolute atomic E-state index is 0.121. The Hall–Kier alpha value is -2.99. The van der Waals surface area contributed by atoms with Gasteiger partial charge < -0.3 is 9.32 Å². The highest BCUT2D eigenvalue weighted by atomic mass is 32.1. The van der Waals surface area contributed by atoms with Crippen molar-refractivity contribution < 1.29 is 9.21 Å². The number of hydrogen-bond acceptors (Lipinski definition) is 5. The lowest BCUT2D eigenvalue weighted by atomic mass is 9.97. The summed E-state index contributed by atoms with van der Waals surface area (Å²) in [6.07, 6.45) is 1.73. The molecule has 1 fully saturated rings. The fourth-order valence-corrected chi connectivity index (χ4v) is 5.11. The van der Waals surface area contributed by atoms with E-state index in [0.29, 0.717) is 30.0 Å². The molecule has 1 amide bonds. The molecule has 1 aliphatic heterocycles. The number of amides is 1. The Bertz CT molecular complexity index is 1250. The fraction of sp³-hybridized carbons (Fsp3) is 0.261. The number of aromatic nitrogens is 1. The lowest BCUT2D eigenvalue weighted by Crippen LogP contribution is -2.38. The van der Waals surface area contributed by atoms with Gasteiger partial charge in [0.05, 0.1) is 20.6 Å². The van der Waals surface area contributed by atoms with E-state index in [1.807, 2.05) is 37.3 Å². The molecule has 2 aromatic carbocycles. The summed E-state index contributed by atoms with van der Waals surface area (Å²) in [4.78, 5) is 32.0. The van der Waals surface area contributed by atoms with E-state index in [9.17, 15) is 9.59 Å². The smallest absolute Gasteiger partial charge is 0.289 e. The van der Waals surface area contributed by atoms with Gasteiger partial charge >= 0.3 is 0 Å². The number of thiazole rings is 1. The molecule has 1 aliphatic rings. The lowest BCUT2D eigenvalue weighted by molar-refractivity contribution is 0.0681. The average molecular weight is 404 g/mol. The Morgan fingerprint density at radius 3 is 2.72 bits per heavy atom. The third kappa shape index (κ3) is 3.23. The van der Waals surface area contributed by atoms with Crippen LogP contribution < -0.4 is 5.43 Å². The zero-order chi connectivity index (χ0) is 20.0. The number of likely N-dealkylation sites (tertiary alicyclic amines) is 1. The van der Waals surface area contributed by atoms with Crippen molar-refractivity contribution in [1.29, 1.82) is 0 Å². The van der Waals surface area contributed by atoms with Crippen molar-refractivity contribution in [2.45, 2.75) is 25.7 Å². The maximum Gasteiger partial charge on any atom is 0.289 e. The second-order valence-electron chi connectivity index (χ2n) is 7.51. The molecule has 0 bridgehead atoms. The molecule has 3 heterocycles. The van der Waals surface area contributed by atoms with Gasteiger partial charge in [0.1, 0.15) is 5.58 Å². The number of benzene rings is 2. The molecule has 1 saturated heterocycles. The van der Waals surface area contributed by atoms with E-state index >= 15 is 0 Å². The summed E-state index contributed by atoms with van der Waals surface area (Å²) in [6.45, 7) is 3.15. The number of carbonyl (C=O) groups excluding carboxylic acids is 1. The van der Waals surface area contributed by atoms with Crippen LogP contribution in [0.2, 0.25) is 0 Å². The maximum atomic E-state index is 13.0. The monoisotopic (exact) mass is 404 g/mol. The van der Waals surface area contributed by atoms with Crippen molar-refractivity contribution >= 4 is 38.4 Å². The molecular formula is C23H20N2O3S. The first-order chi connectivity index (χ1) is 14.1. The standard InChI is InChI=1S/C23H20N2O3S/c1-14-5-4-6-16-18(26)13-19(28-21(14)16)23(27)25-11-9-15(10-12-25)22-24-17-7-2-3-8-20(17)29-22/h2-8,13,15H,9-12H2,1H3. The van der Waals surface area contributed by atoms with E-state index in [2.05, 4.69) is 6.07 Å². The summed E-state index contributed by atoms with van der Waals surface area (Å²) >= 11 is 1.74. The Kier molecular flexibility index (Phi) is 4.43. The molecule has 4 aromatic rings. The normalized spacial score (nSPS) is 15.3. The number of hydrogen-bond donors (Lipinski definition) is 0. The molecule has 0 radical (unpaired) electrons. The molecule has 5 rings (SSSR count). The highest BCUT2D eigenvalue weighted by molar-refractivity contribution is 7.18. The summed E-state index contributed by atoms with van der Waals surface area (Å²) in [5.41, 5.74) is 2.21. The van der Waals surface area contributed by atoms with Gasteiger partial charge in [-0.1, -0.05) is 24.3 Å². The highest BCUT2D eigenvalue weighted by Gasteiger charge is 2.28. The average Bonchev–Trinajstić information content (AvgIpc) is 3.18. The Morgan fingerprint density at radius 2 is 1.93 bits per heavy atom. The molecule has 0 atom stereocenters. The Morgan fingerprint density at radius 1 is 1.14 bits per heavy atom. The predicted octanol–water partition coefficient (Wildman–Crippen LogP) is 4.73. The second kappa shape index (κ2) is 7.12. The molecule has 29 heavy (non-hydrogen) atoms. The maximum absolute atomic E-state index is 13.0. The largest absolute Gasteiger partial charge is 0.450 e. The van der Waals surface area contributed by atoms with Crippen molar-refractivity contribution in [3.63, 3.8) is 0 Å². The summed E-state index contributed by atoms with van der Waals surface area (Å²) in [6, 6.07) is 14.9. The van der Waals surface area contributed by atoms with Gasteiger partial charge in [0.25, 0.3) is 5.91 Å². The quantitative estimate of drug-likeness (QED) is 0.484. The van der Waals surface area contributed by atoms with Gasteiger partial charge in [-0.25, -0.2) is 4.98 Å². The van der Waals surface area contributed by atoms with Crippen LogP contribution in [0, 0.1) is 6.92 Å². The van der Waals surface area contributed by atoms with Crippen molar-refractivity contribution in [3.05, 3.63) is 75.1 Å². The van der Waals surface area contributed by atoms with Crippen LogP contribution in [0.25, 0.3) is 21.2 Å². The molecular weight excluding hydrogens is 384 g/mol. The first-order valence-corrected chi connectivity index (χ1v) is 10.6. The van der Waals surface area contributed by atoms with Gasteiger partial charge in [-0.15, -0.1) is 11.3 Å². The van der Waals surface area contributed by atoms with Gasteiger partial charge in [0.15, 0.2) is 11.2 Å². The van der Waals surface area contributed by atoms with Crippen LogP contribution in [-0.2, 0) is 0 Å². The molecule has 0 spiro atoms. The lowest BCUT2D eigenvalue weighted by Gasteiger charge is -2.30. The van der Waals surface area contributed by atoms with Gasteiger partial charge in [-0.2, -0.15) is 0 Å².